The van der Waals surface area contributed by atoms with Crippen LogP contribution < -0.4 is 10.2 Å². The standard InChI is InChI=1S/C20H23N5O/c1-24-12-8-15(23-24)13-20(26)22-18-5-6-19(25-10-3-2-4-11-25)16-7-9-21-14-17(16)18/h5-9,12,14H,2-4,10-11,13H2,1H3,(H,22,26). The third-order valence-corrected chi connectivity index (χ3v) is 4.88. The van der Waals surface area contributed by atoms with Crippen LogP contribution in [0.5, 0.6) is 0 Å². The van der Waals surface area contributed by atoms with E-state index in [0.29, 0.717) is 0 Å². The molecule has 134 valence electrons. The number of piperidine rings is 1. The lowest BCUT2D eigenvalue weighted by Gasteiger charge is -2.30. The predicted molar refractivity (Wildman–Crippen MR) is 103 cm³/mol. The van der Waals surface area contributed by atoms with Crippen molar-refractivity contribution in [1.82, 2.24) is 14.8 Å². The van der Waals surface area contributed by atoms with Gasteiger partial charge in [-0.2, -0.15) is 5.10 Å². The zero-order valence-corrected chi connectivity index (χ0v) is 15.0. The fourth-order valence-electron chi connectivity index (χ4n) is 3.61. The monoisotopic (exact) mass is 349 g/mol. The van der Waals surface area contributed by atoms with E-state index in [4.69, 9.17) is 0 Å². The Morgan fingerprint density at radius 3 is 2.73 bits per heavy atom. The summed E-state index contributed by atoms with van der Waals surface area (Å²) >= 11 is 0. The van der Waals surface area contributed by atoms with Crippen LogP contribution in [0.1, 0.15) is 25.0 Å². The molecule has 1 amide bonds. The molecule has 4 rings (SSSR count). The molecule has 1 saturated heterocycles. The van der Waals surface area contributed by atoms with Crippen LogP contribution in [0.25, 0.3) is 10.8 Å². The van der Waals surface area contributed by atoms with Crippen LogP contribution in [0.2, 0.25) is 0 Å². The number of aryl methyl sites for hydroxylation is 1. The van der Waals surface area contributed by atoms with Crippen molar-refractivity contribution in [2.75, 3.05) is 23.3 Å². The average Bonchev–Trinajstić information content (AvgIpc) is 3.07. The average molecular weight is 349 g/mol. The minimum Gasteiger partial charge on any atom is -0.371 e. The number of aromatic nitrogens is 3. The highest BCUT2D eigenvalue weighted by Gasteiger charge is 2.16. The number of carbonyl (C=O) groups is 1. The van der Waals surface area contributed by atoms with Gasteiger partial charge in [0.15, 0.2) is 0 Å². The Morgan fingerprint density at radius 2 is 1.96 bits per heavy atom. The molecule has 3 aromatic rings. The van der Waals surface area contributed by atoms with Gasteiger partial charge >= 0.3 is 0 Å². The smallest absolute Gasteiger partial charge is 0.230 e. The molecule has 1 fully saturated rings. The summed E-state index contributed by atoms with van der Waals surface area (Å²) in [5.41, 5.74) is 2.79. The maximum Gasteiger partial charge on any atom is 0.230 e. The molecule has 2 aromatic heterocycles. The molecule has 1 aliphatic rings. The maximum atomic E-state index is 12.4. The molecule has 1 aromatic carbocycles. The molecule has 0 unspecified atom stereocenters. The number of anilines is 2. The first kappa shape index (κ1) is 16.6. The number of rotatable bonds is 4. The van der Waals surface area contributed by atoms with Crippen molar-refractivity contribution in [3.63, 3.8) is 0 Å². The Hall–Kier alpha value is -2.89. The van der Waals surface area contributed by atoms with E-state index in [-0.39, 0.29) is 12.3 Å². The van der Waals surface area contributed by atoms with Crippen molar-refractivity contribution in [3.8, 4) is 0 Å². The van der Waals surface area contributed by atoms with Gasteiger partial charge in [-0.15, -0.1) is 0 Å². The summed E-state index contributed by atoms with van der Waals surface area (Å²) in [7, 11) is 1.85. The highest BCUT2D eigenvalue weighted by Crippen LogP contribution is 2.33. The summed E-state index contributed by atoms with van der Waals surface area (Å²) in [5.74, 6) is -0.0698. The second-order valence-corrected chi connectivity index (χ2v) is 6.81. The molecule has 6 nitrogen and oxygen atoms in total. The van der Waals surface area contributed by atoms with Crippen molar-refractivity contribution in [3.05, 3.63) is 48.5 Å². The molecule has 0 radical (unpaired) electrons. The van der Waals surface area contributed by atoms with Gasteiger partial charge in [-0.3, -0.25) is 14.5 Å². The van der Waals surface area contributed by atoms with E-state index >= 15 is 0 Å². The normalized spacial score (nSPS) is 14.6. The van der Waals surface area contributed by atoms with Crippen molar-refractivity contribution in [2.24, 2.45) is 7.05 Å². The zero-order chi connectivity index (χ0) is 17.9. The lowest BCUT2D eigenvalue weighted by molar-refractivity contribution is -0.115. The van der Waals surface area contributed by atoms with Crippen molar-refractivity contribution in [2.45, 2.75) is 25.7 Å². The predicted octanol–water partition coefficient (Wildman–Crippen LogP) is 3.14. The van der Waals surface area contributed by atoms with Crippen molar-refractivity contribution in [1.29, 1.82) is 0 Å². The van der Waals surface area contributed by atoms with Crippen molar-refractivity contribution < 1.29 is 4.79 Å². The number of amides is 1. The SMILES string of the molecule is Cn1ccc(CC(=O)Nc2ccc(N3CCCCC3)c3ccncc23)n1. The van der Waals surface area contributed by atoms with Crippen LogP contribution in [0.3, 0.4) is 0 Å². The number of nitrogens with one attached hydrogen (secondary N) is 1. The minimum absolute atomic E-state index is 0.0698. The molecule has 0 aliphatic carbocycles. The van der Waals surface area contributed by atoms with Crippen LogP contribution in [0.4, 0.5) is 11.4 Å². The zero-order valence-electron chi connectivity index (χ0n) is 15.0. The largest absolute Gasteiger partial charge is 0.371 e. The highest BCUT2D eigenvalue weighted by atomic mass is 16.1. The van der Waals surface area contributed by atoms with Gasteiger partial charge in [-0.25, -0.2) is 0 Å². The molecule has 0 atom stereocenters. The Balaban J connectivity index is 1.60. The molecule has 3 heterocycles. The number of fused-ring (bicyclic) bond motifs is 1. The molecule has 0 spiro atoms. The molecule has 6 heteroatoms. The van der Waals surface area contributed by atoms with Gasteiger partial charge in [0.1, 0.15) is 0 Å². The van der Waals surface area contributed by atoms with E-state index in [1.165, 1.54) is 24.9 Å². The Morgan fingerprint density at radius 1 is 1.12 bits per heavy atom. The molecule has 26 heavy (non-hydrogen) atoms. The minimum atomic E-state index is -0.0698. The second kappa shape index (κ2) is 7.15. The van der Waals surface area contributed by atoms with Gasteiger partial charge in [0.05, 0.1) is 17.8 Å². The van der Waals surface area contributed by atoms with E-state index in [9.17, 15) is 4.79 Å². The lowest BCUT2D eigenvalue weighted by atomic mass is 10.0. The third kappa shape index (κ3) is 3.40. The van der Waals surface area contributed by atoms with Crippen LogP contribution in [0, 0.1) is 0 Å². The first-order chi connectivity index (χ1) is 12.7. The van der Waals surface area contributed by atoms with E-state index in [2.05, 4.69) is 26.4 Å². The van der Waals surface area contributed by atoms with E-state index in [1.54, 1.807) is 4.68 Å². The third-order valence-electron chi connectivity index (χ3n) is 4.88. The van der Waals surface area contributed by atoms with E-state index < -0.39 is 0 Å². The number of pyridine rings is 1. The van der Waals surface area contributed by atoms with Gasteiger partial charge in [0, 0.05) is 55.2 Å². The second-order valence-electron chi connectivity index (χ2n) is 6.81. The summed E-state index contributed by atoms with van der Waals surface area (Å²) in [5, 5.41) is 9.41. The molecule has 1 aliphatic heterocycles. The number of benzene rings is 1. The van der Waals surface area contributed by atoms with Gasteiger partial charge in [-0.1, -0.05) is 0 Å². The fraction of sp³-hybridized carbons (Fsp3) is 0.350. The van der Waals surface area contributed by atoms with E-state index in [1.807, 2.05) is 43.8 Å². The Bertz CT molecular complexity index is 927. The molecular formula is C20H23N5O. The highest BCUT2D eigenvalue weighted by molar-refractivity contribution is 6.06. The molecule has 1 N–H and O–H groups in total. The first-order valence-corrected chi connectivity index (χ1v) is 9.11. The van der Waals surface area contributed by atoms with E-state index in [0.717, 1.165) is 35.2 Å². The van der Waals surface area contributed by atoms with Gasteiger partial charge < -0.3 is 10.2 Å². The molecular weight excluding hydrogens is 326 g/mol. The topological polar surface area (TPSA) is 63.1 Å². The van der Waals surface area contributed by atoms with Crippen LogP contribution in [-0.4, -0.2) is 33.8 Å². The molecule has 0 saturated carbocycles. The van der Waals surface area contributed by atoms with Crippen LogP contribution >= 0.6 is 0 Å². The summed E-state index contributed by atoms with van der Waals surface area (Å²) in [6, 6.07) is 8.00. The summed E-state index contributed by atoms with van der Waals surface area (Å²) in [4.78, 5) is 19.1. The van der Waals surface area contributed by atoms with Crippen LogP contribution in [0.15, 0.2) is 42.9 Å². The first-order valence-electron chi connectivity index (χ1n) is 9.11. The quantitative estimate of drug-likeness (QED) is 0.786. The number of hydrogen-bond donors (Lipinski definition) is 1. The van der Waals surface area contributed by atoms with Crippen molar-refractivity contribution >= 4 is 28.1 Å². The van der Waals surface area contributed by atoms with Gasteiger partial charge in [-0.05, 0) is 43.5 Å². The Kier molecular flexibility index (Phi) is 4.56. The summed E-state index contributed by atoms with van der Waals surface area (Å²) < 4.78 is 1.70. The van der Waals surface area contributed by atoms with Gasteiger partial charge in [0.2, 0.25) is 5.91 Å². The summed E-state index contributed by atoms with van der Waals surface area (Å²) in [6.07, 6.45) is 9.52. The maximum absolute atomic E-state index is 12.4. The number of carbonyl (C=O) groups excluding carboxylic acids is 1. The Labute approximate surface area is 152 Å². The lowest BCUT2D eigenvalue weighted by Crippen LogP contribution is -2.29. The van der Waals surface area contributed by atoms with Crippen LogP contribution in [-0.2, 0) is 18.3 Å². The fourth-order valence-corrected chi connectivity index (χ4v) is 3.61. The number of hydrogen-bond acceptors (Lipinski definition) is 4. The number of nitrogens with zero attached hydrogens (tertiary/aromatic N) is 4. The van der Waals surface area contributed by atoms with Gasteiger partial charge in [0.25, 0.3) is 0 Å². The summed E-state index contributed by atoms with van der Waals surface area (Å²) in [6.45, 7) is 2.17. The molecule has 0 bridgehead atoms.